The van der Waals surface area contributed by atoms with Gasteiger partial charge >= 0.3 is 0 Å². The molecule has 0 saturated carbocycles. The number of aromatic hydroxyl groups is 1. The summed E-state index contributed by atoms with van der Waals surface area (Å²) in [5, 5.41) is 9.54. The number of phenolic OH excluding ortho intramolecular Hbond substituents is 1. The quantitative estimate of drug-likeness (QED) is 0.785. The topological polar surface area (TPSA) is 50.4 Å². The van der Waals surface area contributed by atoms with Gasteiger partial charge in [-0.2, -0.15) is 0 Å². The molecule has 1 N–H and O–H groups in total. The molecule has 1 heterocycles. The highest BCUT2D eigenvalue weighted by atomic mass is 16.3. The number of furan rings is 1. The number of aldehydes is 1. The van der Waals surface area contributed by atoms with Crippen molar-refractivity contribution in [3.05, 3.63) is 41.2 Å². The van der Waals surface area contributed by atoms with Crippen LogP contribution in [0, 0.1) is 13.8 Å². The second-order valence-corrected chi connectivity index (χ2v) is 3.70. The Morgan fingerprint density at radius 1 is 1.12 bits per heavy atom. The fraction of sp³-hybridized carbons (Fsp3) is 0.154. The van der Waals surface area contributed by atoms with Crippen molar-refractivity contribution in [3.8, 4) is 17.1 Å². The number of rotatable bonds is 2. The average Bonchev–Trinajstić information content (AvgIpc) is 2.74. The molecule has 3 nitrogen and oxygen atoms in total. The monoisotopic (exact) mass is 216 g/mol. The highest BCUT2D eigenvalue weighted by Gasteiger charge is 2.10. The van der Waals surface area contributed by atoms with Crippen LogP contribution in [0.3, 0.4) is 0 Å². The lowest BCUT2D eigenvalue weighted by molar-refractivity contribution is 0.110. The molecule has 0 aliphatic rings. The highest BCUT2D eigenvalue weighted by molar-refractivity contribution is 5.74. The van der Waals surface area contributed by atoms with E-state index in [9.17, 15) is 9.90 Å². The molecule has 1 aromatic carbocycles. The summed E-state index contributed by atoms with van der Waals surface area (Å²) in [6.45, 7) is 3.76. The Hall–Kier alpha value is -2.03. The molecule has 0 fully saturated rings. The summed E-state index contributed by atoms with van der Waals surface area (Å²) in [6, 6.07) is 6.79. The van der Waals surface area contributed by atoms with Gasteiger partial charge < -0.3 is 9.52 Å². The van der Waals surface area contributed by atoms with Crippen molar-refractivity contribution >= 4 is 6.29 Å². The number of phenols is 1. The predicted octanol–water partition coefficient (Wildman–Crippen LogP) is 3.08. The molecule has 0 aliphatic heterocycles. The molecule has 2 rings (SSSR count). The fourth-order valence-corrected chi connectivity index (χ4v) is 1.63. The smallest absolute Gasteiger partial charge is 0.185 e. The SMILES string of the molecule is Cc1c(O)ccc(-c2ccc(C=O)o2)c1C. The van der Waals surface area contributed by atoms with Gasteiger partial charge in [-0.1, -0.05) is 0 Å². The zero-order valence-corrected chi connectivity index (χ0v) is 9.15. The third kappa shape index (κ3) is 1.60. The van der Waals surface area contributed by atoms with Crippen LogP contribution >= 0.6 is 0 Å². The second-order valence-electron chi connectivity index (χ2n) is 3.70. The van der Waals surface area contributed by atoms with E-state index in [0.29, 0.717) is 17.8 Å². The van der Waals surface area contributed by atoms with Crippen molar-refractivity contribution in [1.29, 1.82) is 0 Å². The molecule has 0 unspecified atom stereocenters. The number of carbonyl (C=O) groups excluding carboxylic acids is 1. The molecule has 0 bridgehead atoms. The number of hydrogen-bond acceptors (Lipinski definition) is 3. The minimum absolute atomic E-state index is 0.267. The standard InChI is InChI=1S/C13H12O3/c1-8-9(2)12(15)5-4-11(8)13-6-3-10(7-14)16-13/h3-7,15H,1-2H3. The Labute approximate surface area is 93.3 Å². The van der Waals surface area contributed by atoms with Gasteiger partial charge in [-0.3, -0.25) is 4.79 Å². The zero-order chi connectivity index (χ0) is 11.7. The molecule has 0 spiro atoms. The maximum absolute atomic E-state index is 10.5. The maximum atomic E-state index is 10.5. The van der Waals surface area contributed by atoms with E-state index in [1.54, 1.807) is 24.3 Å². The van der Waals surface area contributed by atoms with Gasteiger partial charge in [-0.05, 0) is 49.2 Å². The third-order valence-corrected chi connectivity index (χ3v) is 2.77. The van der Waals surface area contributed by atoms with E-state index in [1.165, 1.54) is 0 Å². The van der Waals surface area contributed by atoms with Crippen molar-refractivity contribution in [2.75, 3.05) is 0 Å². The van der Waals surface area contributed by atoms with E-state index in [1.807, 2.05) is 13.8 Å². The summed E-state index contributed by atoms with van der Waals surface area (Å²) in [7, 11) is 0. The lowest BCUT2D eigenvalue weighted by Crippen LogP contribution is -1.86. The van der Waals surface area contributed by atoms with Gasteiger partial charge in [0.15, 0.2) is 12.0 Å². The van der Waals surface area contributed by atoms with Crippen LogP contribution in [0.5, 0.6) is 5.75 Å². The summed E-state index contributed by atoms with van der Waals surface area (Å²) < 4.78 is 5.34. The van der Waals surface area contributed by atoms with Gasteiger partial charge in [0.05, 0.1) is 0 Å². The summed E-state index contributed by atoms with van der Waals surface area (Å²) in [5.74, 6) is 1.21. The van der Waals surface area contributed by atoms with Crippen molar-refractivity contribution in [1.82, 2.24) is 0 Å². The Bertz CT molecular complexity index is 538. The summed E-state index contributed by atoms with van der Waals surface area (Å²) >= 11 is 0. The first-order valence-electron chi connectivity index (χ1n) is 4.98. The van der Waals surface area contributed by atoms with Gasteiger partial charge in [0.1, 0.15) is 11.5 Å². The largest absolute Gasteiger partial charge is 0.508 e. The first-order chi connectivity index (χ1) is 7.63. The van der Waals surface area contributed by atoms with E-state index in [4.69, 9.17) is 4.42 Å². The first-order valence-corrected chi connectivity index (χ1v) is 4.98. The molecule has 0 amide bonds. The van der Waals surface area contributed by atoms with Crippen LogP contribution in [-0.4, -0.2) is 11.4 Å². The zero-order valence-electron chi connectivity index (χ0n) is 9.15. The van der Waals surface area contributed by atoms with Gasteiger partial charge in [0.25, 0.3) is 0 Å². The normalized spacial score (nSPS) is 10.4. The first kappa shape index (κ1) is 10.5. The molecule has 0 radical (unpaired) electrons. The second kappa shape index (κ2) is 3.85. The van der Waals surface area contributed by atoms with E-state index < -0.39 is 0 Å². The molecule has 2 aromatic rings. The Morgan fingerprint density at radius 3 is 2.50 bits per heavy atom. The summed E-state index contributed by atoms with van der Waals surface area (Å²) in [6.07, 6.45) is 0.673. The van der Waals surface area contributed by atoms with E-state index >= 15 is 0 Å². The lowest BCUT2D eigenvalue weighted by atomic mass is 10.0. The number of hydrogen-bond donors (Lipinski definition) is 1. The van der Waals surface area contributed by atoms with Crippen LogP contribution in [0.25, 0.3) is 11.3 Å². The predicted molar refractivity (Wildman–Crippen MR) is 60.7 cm³/mol. The number of benzene rings is 1. The molecule has 82 valence electrons. The van der Waals surface area contributed by atoms with Gasteiger partial charge in [0.2, 0.25) is 0 Å². The van der Waals surface area contributed by atoms with Gasteiger partial charge in [0, 0.05) is 5.56 Å². The minimum atomic E-state index is 0.267. The van der Waals surface area contributed by atoms with Crippen molar-refractivity contribution in [2.24, 2.45) is 0 Å². The van der Waals surface area contributed by atoms with Gasteiger partial charge in [-0.15, -0.1) is 0 Å². The molecular formula is C13H12O3. The third-order valence-electron chi connectivity index (χ3n) is 2.77. The Morgan fingerprint density at radius 2 is 1.88 bits per heavy atom. The molecule has 3 heteroatoms. The van der Waals surface area contributed by atoms with E-state index in [2.05, 4.69) is 0 Å². The summed E-state index contributed by atoms with van der Waals surface area (Å²) in [5.41, 5.74) is 2.66. The molecule has 1 aromatic heterocycles. The molecular weight excluding hydrogens is 204 g/mol. The van der Waals surface area contributed by atoms with E-state index in [0.717, 1.165) is 16.7 Å². The highest BCUT2D eigenvalue weighted by Crippen LogP contribution is 2.31. The number of carbonyl (C=O) groups is 1. The Balaban J connectivity index is 2.56. The van der Waals surface area contributed by atoms with Crippen molar-refractivity contribution in [2.45, 2.75) is 13.8 Å². The van der Waals surface area contributed by atoms with Crippen LogP contribution in [-0.2, 0) is 0 Å². The fourth-order valence-electron chi connectivity index (χ4n) is 1.63. The van der Waals surface area contributed by atoms with Crippen LogP contribution in [0.4, 0.5) is 0 Å². The molecule has 0 saturated heterocycles. The maximum Gasteiger partial charge on any atom is 0.185 e. The average molecular weight is 216 g/mol. The van der Waals surface area contributed by atoms with Gasteiger partial charge in [-0.25, -0.2) is 0 Å². The van der Waals surface area contributed by atoms with Crippen LogP contribution < -0.4 is 0 Å². The van der Waals surface area contributed by atoms with Crippen LogP contribution in [0.15, 0.2) is 28.7 Å². The lowest BCUT2D eigenvalue weighted by Gasteiger charge is -2.07. The minimum Gasteiger partial charge on any atom is -0.508 e. The van der Waals surface area contributed by atoms with Crippen molar-refractivity contribution < 1.29 is 14.3 Å². The van der Waals surface area contributed by atoms with Crippen molar-refractivity contribution in [3.63, 3.8) is 0 Å². The van der Waals surface area contributed by atoms with E-state index in [-0.39, 0.29) is 5.75 Å². The molecule has 0 atom stereocenters. The Kier molecular flexibility index (Phi) is 2.52. The van der Waals surface area contributed by atoms with Crippen LogP contribution in [0.1, 0.15) is 21.7 Å². The molecule has 16 heavy (non-hydrogen) atoms. The summed E-state index contributed by atoms with van der Waals surface area (Å²) in [4.78, 5) is 10.5. The van der Waals surface area contributed by atoms with Crippen LogP contribution in [0.2, 0.25) is 0 Å². The molecule has 0 aliphatic carbocycles.